The fourth-order valence-corrected chi connectivity index (χ4v) is 1.06. The van der Waals surface area contributed by atoms with E-state index in [0.29, 0.717) is 0 Å². The number of aromatic nitrogens is 3. The Bertz CT molecular complexity index is 478. The first-order valence-electron chi connectivity index (χ1n) is 3.78. The van der Waals surface area contributed by atoms with Crippen LogP contribution in [0.4, 0.5) is 0 Å². The lowest BCUT2D eigenvalue weighted by atomic mass is 10.4. The van der Waals surface area contributed by atoms with E-state index < -0.39 is 0 Å². The van der Waals surface area contributed by atoms with Gasteiger partial charge in [0.1, 0.15) is 12.3 Å². The van der Waals surface area contributed by atoms with Crippen LogP contribution in [0.15, 0.2) is 24.8 Å². The molecule has 0 aromatic carbocycles. The summed E-state index contributed by atoms with van der Waals surface area (Å²) in [7, 11) is 0. The molecule has 64 valence electrons. The van der Waals surface area contributed by atoms with E-state index in [2.05, 4.69) is 21.8 Å². The molecule has 2 aromatic heterocycles. The molecule has 0 aliphatic carbocycles. The van der Waals surface area contributed by atoms with Gasteiger partial charge in [-0.25, -0.2) is 4.98 Å². The van der Waals surface area contributed by atoms with Gasteiger partial charge in [-0.3, -0.25) is 9.38 Å². The monoisotopic (exact) mass is 173 g/mol. The Balaban J connectivity index is 2.58. The molecule has 0 bridgehead atoms. The Morgan fingerprint density at radius 3 is 3.23 bits per heavy atom. The molecular weight excluding hydrogens is 166 g/mol. The molecule has 0 radical (unpaired) electrons. The molecule has 0 spiro atoms. The highest BCUT2D eigenvalue weighted by molar-refractivity contribution is 5.42. The second-order valence-electron chi connectivity index (χ2n) is 2.41. The maximum absolute atomic E-state index is 8.52. The molecule has 0 amide bonds. The molecule has 0 atom stereocenters. The first kappa shape index (κ1) is 7.77. The van der Waals surface area contributed by atoms with E-state index in [1.165, 1.54) is 0 Å². The van der Waals surface area contributed by atoms with Gasteiger partial charge in [-0.1, -0.05) is 5.92 Å². The molecule has 0 aliphatic heterocycles. The fourth-order valence-electron chi connectivity index (χ4n) is 1.06. The first-order chi connectivity index (χ1) is 6.42. The standard InChI is InChI=1S/C9H7N3O/c13-5-1-2-8-6-11-9-7-10-3-4-12(8)9/h3-4,6-7,13H,5H2. The second-order valence-corrected chi connectivity index (χ2v) is 2.41. The van der Waals surface area contributed by atoms with Crippen molar-refractivity contribution in [3.05, 3.63) is 30.5 Å². The minimum absolute atomic E-state index is 0.141. The van der Waals surface area contributed by atoms with Crippen LogP contribution in [0.5, 0.6) is 0 Å². The molecule has 13 heavy (non-hydrogen) atoms. The molecule has 0 unspecified atom stereocenters. The summed E-state index contributed by atoms with van der Waals surface area (Å²) in [6, 6.07) is 0. The average Bonchev–Trinajstić information content (AvgIpc) is 2.58. The normalized spacial score (nSPS) is 9.62. The van der Waals surface area contributed by atoms with E-state index in [4.69, 9.17) is 5.11 Å². The van der Waals surface area contributed by atoms with Crippen molar-refractivity contribution in [3.63, 3.8) is 0 Å². The van der Waals surface area contributed by atoms with Crippen molar-refractivity contribution in [2.45, 2.75) is 0 Å². The van der Waals surface area contributed by atoms with Gasteiger partial charge in [-0.05, 0) is 5.92 Å². The number of hydrogen-bond acceptors (Lipinski definition) is 3. The summed E-state index contributed by atoms with van der Waals surface area (Å²) in [5.74, 6) is 5.36. The molecule has 1 N–H and O–H groups in total. The van der Waals surface area contributed by atoms with Crippen LogP contribution < -0.4 is 0 Å². The summed E-state index contributed by atoms with van der Waals surface area (Å²) in [4.78, 5) is 8.01. The predicted molar refractivity (Wildman–Crippen MR) is 47.0 cm³/mol. The zero-order valence-electron chi connectivity index (χ0n) is 6.81. The third-order valence-electron chi connectivity index (χ3n) is 1.61. The molecule has 4 nitrogen and oxygen atoms in total. The molecule has 0 saturated carbocycles. The van der Waals surface area contributed by atoms with Crippen molar-refractivity contribution in [2.24, 2.45) is 0 Å². The van der Waals surface area contributed by atoms with Gasteiger partial charge in [0, 0.05) is 12.4 Å². The maximum atomic E-state index is 8.52. The van der Waals surface area contributed by atoms with E-state index in [-0.39, 0.29) is 6.61 Å². The van der Waals surface area contributed by atoms with E-state index in [1.807, 2.05) is 4.40 Å². The van der Waals surface area contributed by atoms with Gasteiger partial charge in [0.2, 0.25) is 0 Å². The largest absolute Gasteiger partial charge is 0.384 e. The molecule has 4 heteroatoms. The van der Waals surface area contributed by atoms with Crippen LogP contribution in [0.2, 0.25) is 0 Å². The van der Waals surface area contributed by atoms with E-state index >= 15 is 0 Å². The smallest absolute Gasteiger partial charge is 0.156 e. The zero-order chi connectivity index (χ0) is 9.10. The van der Waals surface area contributed by atoms with Crippen LogP contribution in [-0.4, -0.2) is 26.1 Å². The SMILES string of the molecule is OCC#Cc1cnc2cnccn12. The van der Waals surface area contributed by atoms with Crippen molar-refractivity contribution in [2.75, 3.05) is 6.61 Å². The number of rotatable bonds is 0. The van der Waals surface area contributed by atoms with Gasteiger partial charge in [0.25, 0.3) is 0 Å². The van der Waals surface area contributed by atoms with Gasteiger partial charge < -0.3 is 5.11 Å². The number of hydrogen-bond donors (Lipinski definition) is 1. The average molecular weight is 173 g/mol. The van der Waals surface area contributed by atoms with Crippen LogP contribution in [0.25, 0.3) is 5.65 Å². The summed E-state index contributed by atoms with van der Waals surface area (Å²) in [5.41, 5.74) is 1.51. The molecule has 0 aliphatic rings. The highest BCUT2D eigenvalue weighted by atomic mass is 16.2. The first-order valence-corrected chi connectivity index (χ1v) is 3.78. The number of fused-ring (bicyclic) bond motifs is 1. The maximum Gasteiger partial charge on any atom is 0.156 e. The summed E-state index contributed by atoms with van der Waals surface area (Å²) in [6.07, 6.45) is 6.76. The molecule has 0 fully saturated rings. The van der Waals surface area contributed by atoms with Crippen LogP contribution >= 0.6 is 0 Å². The van der Waals surface area contributed by atoms with Crippen molar-refractivity contribution in [1.29, 1.82) is 0 Å². The lowest BCUT2D eigenvalue weighted by molar-refractivity contribution is 0.350. The van der Waals surface area contributed by atoms with Gasteiger partial charge in [0.05, 0.1) is 12.4 Å². The quantitative estimate of drug-likeness (QED) is 0.574. The minimum Gasteiger partial charge on any atom is -0.384 e. The summed E-state index contributed by atoms with van der Waals surface area (Å²) in [6.45, 7) is -0.141. The topological polar surface area (TPSA) is 50.4 Å². The number of imidazole rings is 1. The van der Waals surface area contributed by atoms with Gasteiger partial charge in [-0.2, -0.15) is 0 Å². The molecule has 2 aromatic rings. The van der Waals surface area contributed by atoms with E-state index in [9.17, 15) is 0 Å². The van der Waals surface area contributed by atoms with Crippen LogP contribution in [0.3, 0.4) is 0 Å². The Morgan fingerprint density at radius 2 is 2.38 bits per heavy atom. The third kappa shape index (κ3) is 1.37. The fraction of sp³-hybridized carbons (Fsp3) is 0.111. The number of aliphatic hydroxyl groups is 1. The van der Waals surface area contributed by atoms with Crippen molar-refractivity contribution < 1.29 is 5.11 Å². The van der Waals surface area contributed by atoms with E-state index in [0.717, 1.165) is 11.3 Å². The Morgan fingerprint density at radius 1 is 1.46 bits per heavy atom. The van der Waals surface area contributed by atoms with Crippen LogP contribution in [0.1, 0.15) is 5.69 Å². The lowest BCUT2D eigenvalue weighted by Gasteiger charge is -1.91. The second kappa shape index (κ2) is 3.25. The minimum atomic E-state index is -0.141. The van der Waals surface area contributed by atoms with Crippen LogP contribution in [0, 0.1) is 11.8 Å². The molecule has 2 rings (SSSR count). The third-order valence-corrected chi connectivity index (χ3v) is 1.61. The molecule has 0 saturated heterocycles. The van der Waals surface area contributed by atoms with Crippen molar-refractivity contribution in [3.8, 4) is 11.8 Å². The Kier molecular flexibility index (Phi) is 1.94. The summed E-state index contributed by atoms with van der Waals surface area (Å²) >= 11 is 0. The summed E-state index contributed by atoms with van der Waals surface area (Å²) in [5, 5.41) is 8.52. The van der Waals surface area contributed by atoms with Crippen LogP contribution in [-0.2, 0) is 0 Å². The predicted octanol–water partition coefficient (Wildman–Crippen LogP) is 0.0731. The van der Waals surface area contributed by atoms with Gasteiger partial charge in [0.15, 0.2) is 5.65 Å². The lowest BCUT2D eigenvalue weighted by Crippen LogP contribution is -1.88. The molecular formula is C9H7N3O. The summed E-state index contributed by atoms with van der Waals surface area (Å²) < 4.78 is 1.82. The van der Waals surface area contributed by atoms with Crippen molar-refractivity contribution >= 4 is 5.65 Å². The number of aliphatic hydroxyl groups excluding tert-OH is 1. The number of nitrogens with zero attached hydrogens (tertiary/aromatic N) is 3. The molecule has 2 heterocycles. The highest BCUT2D eigenvalue weighted by Crippen LogP contribution is 2.02. The van der Waals surface area contributed by atoms with E-state index in [1.54, 1.807) is 24.8 Å². The highest BCUT2D eigenvalue weighted by Gasteiger charge is 1.97. The van der Waals surface area contributed by atoms with Gasteiger partial charge in [-0.15, -0.1) is 0 Å². The van der Waals surface area contributed by atoms with Crippen molar-refractivity contribution in [1.82, 2.24) is 14.4 Å². The Labute approximate surface area is 74.9 Å². The Hall–Kier alpha value is -1.86. The van der Waals surface area contributed by atoms with Gasteiger partial charge >= 0.3 is 0 Å². The zero-order valence-corrected chi connectivity index (χ0v) is 6.81.